The molecule has 1 aromatic heterocycles. The van der Waals surface area contributed by atoms with Gasteiger partial charge in [0.1, 0.15) is 0 Å². The smallest absolute Gasteiger partial charge is 0.274 e. The van der Waals surface area contributed by atoms with Crippen LogP contribution in [0.3, 0.4) is 0 Å². The molecule has 31 heavy (non-hydrogen) atoms. The molecule has 4 rings (SSSR count). The van der Waals surface area contributed by atoms with Crippen LogP contribution in [0.2, 0.25) is 0 Å². The van der Waals surface area contributed by atoms with Crippen molar-refractivity contribution in [1.29, 1.82) is 0 Å². The lowest BCUT2D eigenvalue weighted by molar-refractivity contribution is 0.0744. The van der Waals surface area contributed by atoms with Crippen LogP contribution >= 0.6 is 0 Å². The van der Waals surface area contributed by atoms with Gasteiger partial charge in [0.05, 0.1) is 5.69 Å². The molecule has 6 nitrogen and oxygen atoms in total. The Morgan fingerprint density at radius 3 is 2.32 bits per heavy atom. The number of para-hydroxylation sites is 1. The van der Waals surface area contributed by atoms with E-state index in [-0.39, 0.29) is 11.8 Å². The van der Waals surface area contributed by atoms with Crippen molar-refractivity contribution in [2.24, 2.45) is 0 Å². The molecule has 0 radical (unpaired) electrons. The molecule has 160 valence electrons. The molecule has 1 aliphatic carbocycles. The number of hydrogen-bond donors (Lipinski definition) is 0. The number of benzene rings is 2. The lowest BCUT2D eigenvalue weighted by Crippen LogP contribution is -2.31. The fourth-order valence-electron chi connectivity index (χ4n) is 4.10. The first-order valence-electron chi connectivity index (χ1n) is 10.8. The molecule has 0 spiro atoms. The quantitative estimate of drug-likeness (QED) is 0.615. The van der Waals surface area contributed by atoms with Crippen molar-refractivity contribution < 1.29 is 9.59 Å². The Kier molecular flexibility index (Phi) is 5.89. The van der Waals surface area contributed by atoms with Gasteiger partial charge in [-0.15, -0.1) is 0 Å². The van der Waals surface area contributed by atoms with E-state index in [0.717, 1.165) is 41.8 Å². The first-order chi connectivity index (χ1) is 15.0. The van der Waals surface area contributed by atoms with E-state index in [9.17, 15) is 9.59 Å². The molecule has 0 aliphatic heterocycles. The largest absolute Gasteiger partial charge is 0.345 e. The minimum Gasteiger partial charge on any atom is -0.345 e. The molecular weight excluding hydrogens is 388 g/mol. The number of hydrogen-bond acceptors (Lipinski definition) is 3. The normalized spacial score (nSPS) is 12.5. The first kappa shape index (κ1) is 20.8. The standard InChI is InChI=1S/C25H28N4O2/c1-4-28(17-18-13-15-19(16-14-18)24(30)27(2)3)25(31)23-21-11-8-12-22(21)29(26-23)20-9-6-5-7-10-20/h5-7,9-10,13-16H,4,8,11-12,17H2,1-3H3. The van der Waals surface area contributed by atoms with Gasteiger partial charge in [-0.3, -0.25) is 9.59 Å². The summed E-state index contributed by atoms with van der Waals surface area (Å²) < 4.78 is 1.94. The van der Waals surface area contributed by atoms with E-state index >= 15 is 0 Å². The van der Waals surface area contributed by atoms with E-state index in [0.29, 0.717) is 24.3 Å². The topological polar surface area (TPSA) is 58.4 Å². The fourth-order valence-corrected chi connectivity index (χ4v) is 4.10. The van der Waals surface area contributed by atoms with Crippen molar-refractivity contribution in [3.63, 3.8) is 0 Å². The summed E-state index contributed by atoms with van der Waals surface area (Å²) in [7, 11) is 3.47. The van der Waals surface area contributed by atoms with Gasteiger partial charge in [-0.1, -0.05) is 30.3 Å². The minimum atomic E-state index is -0.0382. The minimum absolute atomic E-state index is 0.0306. The predicted molar refractivity (Wildman–Crippen MR) is 120 cm³/mol. The van der Waals surface area contributed by atoms with Crippen LogP contribution in [0.1, 0.15) is 51.0 Å². The van der Waals surface area contributed by atoms with E-state index in [1.54, 1.807) is 19.0 Å². The maximum Gasteiger partial charge on any atom is 0.274 e. The third-order valence-electron chi connectivity index (χ3n) is 5.78. The summed E-state index contributed by atoms with van der Waals surface area (Å²) in [6.45, 7) is 3.05. The molecule has 0 saturated heterocycles. The highest BCUT2D eigenvalue weighted by Gasteiger charge is 2.29. The second kappa shape index (κ2) is 8.76. The summed E-state index contributed by atoms with van der Waals surface area (Å²) in [5.41, 5.74) is 5.42. The maximum absolute atomic E-state index is 13.4. The monoisotopic (exact) mass is 416 g/mol. The highest BCUT2D eigenvalue weighted by molar-refractivity contribution is 5.95. The highest BCUT2D eigenvalue weighted by Crippen LogP contribution is 2.29. The van der Waals surface area contributed by atoms with Crippen molar-refractivity contribution in [1.82, 2.24) is 19.6 Å². The van der Waals surface area contributed by atoms with E-state index in [1.165, 1.54) is 0 Å². The zero-order chi connectivity index (χ0) is 22.0. The molecule has 2 aromatic carbocycles. The van der Waals surface area contributed by atoms with E-state index < -0.39 is 0 Å². The summed E-state index contributed by atoms with van der Waals surface area (Å²) in [5.74, 6) is -0.0687. The van der Waals surface area contributed by atoms with Crippen LogP contribution in [0.25, 0.3) is 5.69 Å². The molecule has 0 N–H and O–H groups in total. The van der Waals surface area contributed by atoms with Gasteiger partial charge in [0, 0.05) is 44.0 Å². The molecule has 0 atom stereocenters. The van der Waals surface area contributed by atoms with Crippen LogP contribution in [0.5, 0.6) is 0 Å². The summed E-state index contributed by atoms with van der Waals surface area (Å²) in [4.78, 5) is 28.9. The zero-order valence-electron chi connectivity index (χ0n) is 18.3. The number of carbonyl (C=O) groups excluding carboxylic acids is 2. The van der Waals surface area contributed by atoms with Crippen LogP contribution < -0.4 is 0 Å². The average Bonchev–Trinajstić information content (AvgIpc) is 3.40. The summed E-state index contributed by atoms with van der Waals surface area (Å²) in [6, 6.07) is 17.5. The number of rotatable bonds is 6. The highest BCUT2D eigenvalue weighted by atomic mass is 16.2. The zero-order valence-corrected chi connectivity index (χ0v) is 18.3. The number of nitrogens with zero attached hydrogens (tertiary/aromatic N) is 4. The number of carbonyl (C=O) groups is 2. The molecule has 0 unspecified atom stereocenters. The van der Waals surface area contributed by atoms with Crippen LogP contribution in [0.4, 0.5) is 0 Å². The second-order valence-corrected chi connectivity index (χ2v) is 8.09. The van der Waals surface area contributed by atoms with Crippen molar-refractivity contribution >= 4 is 11.8 Å². The molecule has 1 heterocycles. The lowest BCUT2D eigenvalue weighted by atomic mass is 10.1. The van der Waals surface area contributed by atoms with Gasteiger partial charge in [0.25, 0.3) is 11.8 Å². The Balaban J connectivity index is 1.58. The van der Waals surface area contributed by atoms with Crippen molar-refractivity contribution in [3.05, 3.63) is 82.7 Å². The van der Waals surface area contributed by atoms with Gasteiger partial charge in [0.15, 0.2) is 5.69 Å². The van der Waals surface area contributed by atoms with Crippen LogP contribution in [0.15, 0.2) is 54.6 Å². The number of aromatic nitrogens is 2. The fraction of sp³-hybridized carbons (Fsp3) is 0.320. The molecule has 1 aliphatic rings. The number of amides is 2. The van der Waals surface area contributed by atoms with E-state index in [1.807, 2.05) is 71.1 Å². The van der Waals surface area contributed by atoms with Gasteiger partial charge in [0.2, 0.25) is 0 Å². The SMILES string of the molecule is CCN(Cc1ccc(C(=O)N(C)C)cc1)C(=O)c1nn(-c2ccccc2)c2c1CCC2. The average molecular weight is 417 g/mol. The third-order valence-corrected chi connectivity index (χ3v) is 5.78. The van der Waals surface area contributed by atoms with Gasteiger partial charge < -0.3 is 9.80 Å². The Hall–Kier alpha value is -3.41. The Bertz CT molecular complexity index is 1080. The summed E-state index contributed by atoms with van der Waals surface area (Å²) >= 11 is 0. The summed E-state index contributed by atoms with van der Waals surface area (Å²) in [6.07, 6.45) is 2.88. The van der Waals surface area contributed by atoms with Gasteiger partial charge in [-0.25, -0.2) is 4.68 Å². The third kappa shape index (κ3) is 4.10. The molecule has 0 fully saturated rings. The van der Waals surface area contributed by atoms with Crippen LogP contribution in [-0.2, 0) is 19.4 Å². The predicted octanol–water partition coefficient (Wildman–Crippen LogP) is 3.73. The molecular formula is C25H28N4O2. The Morgan fingerprint density at radius 1 is 0.968 bits per heavy atom. The van der Waals surface area contributed by atoms with Gasteiger partial charge in [-0.05, 0) is 56.0 Å². The van der Waals surface area contributed by atoms with Gasteiger partial charge >= 0.3 is 0 Å². The summed E-state index contributed by atoms with van der Waals surface area (Å²) in [5, 5.41) is 4.74. The maximum atomic E-state index is 13.4. The van der Waals surface area contributed by atoms with Crippen molar-refractivity contribution in [3.8, 4) is 5.69 Å². The van der Waals surface area contributed by atoms with Crippen molar-refractivity contribution in [2.75, 3.05) is 20.6 Å². The first-order valence-corrected chi connectivity index (χ1v) is 10.8. The van der Waals surface area contributed by atoms with Crippen LogP contribution in [-0.4, -0.2) is 52.0 Å². The van der Waals surface area contributed by atoms with Gasteiger partial charge in [-0.2, -0.15) is 5.10 Å². The molecule has 0 bridgehead atoms. The van der Waals surface area contributed by atoms with Crippen LogP contribution in [0, 0.1) is 0 Å². The van der Waals surface area contributed by atoms with E-state index in [4.69, 9.17) is 5.10 Å². The van der Waals surface area contributed by atoms with E-state index in [2.05, 4.69) is 0 Å². The number of fused-ring (bicyclic) bond motifs is 1. The van der Waals surface area contributed by atoms with Crippen molar-refractivity contribution in [2.45, 2.75) is 32.7 Å². The molecule has 6 heteroatoms. The Morgan fingerprint density at radius 2 is 1.68 bits per heavy atom. The molecule has 2 amide bonds. The second-order valence-electron chi connectivity index (χ2n) is 8.09. The lowest BCUT2D eigenvalue weighted by Gasteiger charge is -2.21. The molecule has 3 aromatic rings. The molecule has 0 saturated carbocycles. The Labute approximate surface area is 183 Å².